The Morgan fingerprint density at radius 1 is 0.271 bits per heavy atom. The van der Waals surface area contributed by atoms with E-state index in [1.54, 1.807) is 0 Å². The highest BCUT2D eigenvalue weighted by Gasteiger charge is 2.47. The standard InChI is InChI=1S/C32H12BF24.C25H17OS2/c34-25(35,36)13-1-14(26(37,38)39)6-21(5-13)33(22-7-15(27(40,41)42)2-16(8-22)28(43,44)45,23-9-17(29(46,47)48)3-18(10-23)30(49,50)51)24-11-19(31(52,53)54)4-20(12-24)32(55,56)57;27-25-21-13-7-8-14-23(21)26-24-16-15-20(17-22(24)25)28(18-9-3-1-4-10-18)19-11-5-2-6-12-19/h1-12H;1-17H/q-1;+1. The van der Waals surface area contributed by atoms with Crippen LogP contribution in [-0.4, -0.2) is 6.15 Å². The Hall–Kier alpha value is -7.62. The van der Waals surface area contributed by atoms with Crippen molar-refractivity contribution in [3.05, 3.63) is 225 Å². The van der Waals surface area contributed by atoms with Crippen LogP contribution in [0.4, 0.5) is 105 Å². The second-order valence-electron chi connectivity index (χ2n) is 18.7. The van der Waals surface area contributed by atoms with Crippen LogP contribution in [0.25, 0.3) is 21.9 Å². The molecule has 0 fully saturated rings. The molecule has 85 heavy (non-hydrogen) atoms. The topological polar surface area (TPSA) is 13.1 Å². The molecule has 0 aliphatic carbocycles. The Bertz CT molecular complexity index is 3510. The average molecular weight is 1260 g/mol. The second-order valence-corrected chi connectivity index (χ2v) is 21.2. The van der Waals surface area contributed by atoms with Gasteiger partial charge in [0, 0.05) is 16.8 Å². The summed E-state index contributed by atoms with van der Waals surface area (Å²) in [5.41, 5.74) is -28.5. The molecule has 28 heteroatoms. The van der Waals surface area contributed by atoms with Crippen LogP contribution >= 0.6 is 12.2 Å². The van der Waals surface area contributed by atoms with Crippen LogP contribution in [0.1, 0.15) is 44.5 Å². The van der Waals surface area contributed by atoms with Crippen LogP contribution in [0, 0.1) is 4.51 Å². The fourth-order valence-electron chi connectivity index (χ4n) is 9.50. The summed E-state index contributed by atoms with van der Waals surface area (Å²) in [5, 5.41) is 1.98. The molecule has 0 aliphatic heterocycles. The lowest BCUT2D eigenvalue weighted by Gasteiger charge is -2.46. The van der Waals surface area contributed by atoms with Crippen LogP contribution in [-0.2, 0) is 60.3 Å². The molecule has 0 spiro atoms. The van der Waals surface area contributed by atoms with E-state index in [1.165, 1.54) is 14.7 Å². The van der Waals surface area contributed by atoms with Gasteiger partial charge in [-0.2, -0.15) is 127 Å². The Balaban J connectivity index is 0.000000276. The Labute approximate surface area is 470 Å². The van der Waals surface area contributed by atoms with Gasteiger partial charge in [-0.25, -0.2) is 0 Å². The number of hydrogen-bond acceptors (Lipinski definition) is 2. The van der Waals surface area contributed by atoms with E-state index >= 15 is 0 Å². The largest absolute Gasteiger partial charge is 0.456 e. The van der Waals surface area contributed by atoms with Gasteiger partial charge < -0.3 is 4.42 Å². The Kier molecular flexibility index (Phi) is 16.7. The van der Waals surface area contributed by atoms with E-state index in [0.717, 1.165) is 26.4 Å². The van der Waals surface area contributed by atoms with Crippen LogP contribution in [0.15, 0.2) is 195 Å². The molecule has 0 saturated heterocycles. The second kappa shape index (κ2) is 22.3. The first-order valence-corrected chi connectivity index (χ1v) is 25.4. The van der Waals surface area contributed by atoms with E-state index in [2.05, 4.69) is 78.9 Å². The zero-order chi connectivity index (χ0) is 62.8. The summed E-state index contributed by atoms with van der Waals surface area (Å²) in [4.78, 5) is 3.81. The van der Waals surface area contributed by atoms with Gasteiger partial charge >= 0.3 is 49.4 Å². The number of hydrogen-bond donors (Lipinski definition) is 0. The van der Waals surface area contributed by atoms with Crippen molar-refractivity contribution in [2.24, 2.45) is 0 Å². The van der Waals surface area contributed by atoms with Gasteiger partial charge in [0.15, 0.2) is 14.7 Å². The van der Waals surface area contributed by atoms with Crippen LogP contribution < -0.4 is 21.9 Å². The third-order valence-corrected chi connectivity index (χ3v) is 15.8. The molecule has 0 aliphatic rings. The summed E-state index contributed by atoms with van der Waals surface area (Å²) in [7, 11) is -0.201. The molecule has 0 saturated carbocycles. The van der Waals surface area contributed by atoms with Crippen molar-refractivity contribution >= 4 is 73.0 Å². The molecule has 9 aromatic rings. The molecular weight excluding hydrogens is 1230 g/mol. The summed E-state index contributed by atoms with van der Waals surface area (Å²) in [6.45, 7) is 0. The molecular formula is C57H29BF24OS2. The number of rotatable bonds is 7. The predicted molar refractivity (Wildman–Crippen MR) is 270 cm³/mol. The lowest BCUT2D eigenvalue weighted by Crippen LogP contribution is -2.75. The smallest absolute Gasteiger partial charge is 0.416 e. The first-order chi connectivity index (χ1) is 39.1. The van der Waals surface area contributed by atoms with Crippen LogP contribution in [0.5, 0.6) is 0 Å². The van der Waals surface area contributed by atoms with Crippen molar-refractivity contribution in [3.8, 4) is 0 Å². The summed E-state index contributed by atoms with van der Waals surface area (Å²) in [5.74, 6) is 0. The first-order valence-electron chi connectivity index (χ1n) is 23.7. The number of halogens is 24. The molecule has 1 heterocycles. The summed E-state index contributed by atoms with van der Waals surface area (Å²) < 4.78 is 348. The van der Waals surface area contributed by atoms with Gasteiger partial charge in [-0.1, -0.05) is 109 Å². The van der Waals surface area contributed by atoms with Crippen molar-refractivity contribution in [2.75, 3.05) is 0 Å². The zero-order valence-corrected chi connectivity index (χ0v) is 43.2. The van der Waals surface area contributed by atoms with Crippen molar-refractivity contribution in [2.45, 2.75) is 64.1 Å². The van der Waals surface area contributed by atoms with E-state index in [0.29, 0.717) is 0 Å². The molecule has 446 valence electrons. The first kappa shape index (κ1) is 63.4. The molecule has 8 aromatic carbocycles. The number of fused-ring (bicyclic) bond motifs is 2. The van der Waals surface area contributed by atoms with Gasteiger partial charge in [0.1, 0.15) is 17.3 Å². The van der Waals surface area contributed by atoms with E-state index in [-0.39, 0.29) is 10.9 Å². The van der Waals surface area contributed by atoms with E-state index < -0.39 is 195 Å². The SMILES string of the molecule is FC(F)(F)c1cc([B-](c2cc(C(F)(F)F)cc(C(F)(F)F)c2)(c2cc(C(F)(F)F)cc(C(F)(F)F)c2)c2cc(C(F)(F)F)cc(C(F)(F)F)c2)cc(C(F)(F)F)c1.S=c1c2ccccc2oc2ccc([S+](c3ccccc3)c3ccccc3)cc12. The molecule has 0 N–H and O–H groups in total. The van der Waals surface area contributed by atoms with Gasteiger partial charge in [0.2, 0.25) is 0 Å². The highest BCUT2D eigenvalue weighted by molar-refractivity contribution is 7.97. The van der Waals surface area contributed by atoms with E-state index in [4.69, 9.17) is 16.6 Å². The van der Waals surface area contributed by atoms with Crippen molar-refractivity contribution < 1.29 is 110 Å². The minimum absolute atomic E-state index is 0.201. The highest BCUT2D eigenvalue weighted by Crippen LogP contribution is 2.42. The van der Waals surface area contributed by atoms with Crippen LogP contribution in [0.2, 0.25) is 0 Å². The minimum atomic E-state index is -6.13. The third-order valence-electron chi connectivity index (χ3n) is 13.2. The minimum Gasteiger partial charge on any atom is -0.456 e. The summed E-state index contributed by atoms with van der Waals surface area (Å²) in [6, 6.07) is 26.9. The van der Waals surface area contributed by atoms with Gasteiger partial charge in [0.25, 0.3) is 0 Å². The monoisotopic (exact) mass is 1260 g/mol. The number of alkyl halides is 24. The van der Waals surface area contributed by atoms with Crippen molar-refractivity contribution in [1.29, 1.82) is 0 Å². The molecule has 1 nitrogen and oxygen atoms in total. The van der Waals surface area contributed by atoms with Gasteiger partial charge in [0.05, 0.1) is 59.9 Å². The van der Waals surface area contributed by atoms with E-state index in [1.807, 2.05) is 24.3 Å². The maximum atomic E-state index is 14.2. The lowest BCUT2D eigenvalue weighted by molar-refractivity contribution is -0.144. The fraction of sp³-hybridized carbons (Fsp3) is 0.140. The van der Waals surface area contributed by atoms with Crippen molar-refractivity contribution in [1.82, 2.24) is 0 Å². The van der Waals surface area contributed by atoms with Gasteiger partial charge in [-0.3, -0.25) is 0 Å². The molecule has 0 radical (unpaired) electrons. The lowest BCUT2D eigenvalue weighted by atomic mass is 9.12. The molecule has 0 unspecified atom stereocenters. The zero-order valence-electron chi connectivity index (χ0n) is 41.6. The maximum absolute atomic E-state index is 14.2. The molecule has 1 aromatic heterocycles. The van der Waals surface area contributed by atoms with Crippen molar-refractivity contribution in [3.63, 3.8) is 0 Å². The molecule has 9 rings (SSSR count). The van der Waals surface area contributed by atoms with Gasteiger partial charge in [-0.05, 0) is 72.8 Å². The Morgan fingerprint density at radius 2 is 0.529 bits per heavy atom. The highest BCUT2D eigenvalue weighted by atomic mass is 32.2. The normalized spacial score (nSPS) is 13.3. The summed E-state index contributed by atoms with van der Waals surface area (Å²) in [6.07, 6.45) is -54.8. The molecule has 0 atom stereocenters. The van der Waals surface area contributed by atoms with E-state index in [9.17, 15) is 105 Å². The summed E-state index contributed by atoms with van der Waals surface area (Å²) >= 11 is 5.82. The Morgan fingerprint density at radius 3 is 0.812 bits per heavy atom. The maximum Gasteiger partial charge on any atom is 0.416 e. The quantitative estimate of drug-likeness (QED) is 0.0519. The molecule has 0 bridgehead atoms. The average Bonchev–Trinajstić information content (AvgIpc) is 0.887. The third kappa shape index (κ3) is 13.6. The fourth-order valence-corrected chi connectivity index (χ4v) is 11.9. The van der Waals surface area contributed by atoms with Gasteiger partial charge in [-0.15, -0.1) is 0 Å². The number of para-hydroxylation sites is 1. The van der Waals surface area contributed by atoms with Crippen LogP contribution in [0.3, 0.4) is 0 Å². The molecule has 0 amide bonds. The predicted octanol–water partition coefficient (Wildman–Crippen LogP) is 18.6. The number of benzene rings is 8.